The number of rotatable bonds is 8. The van der Waals surface area contributed by atoms with Gasteiger partial charge in [-0.2, -0.15) is 0 Å². The van der Waals surface area contributed by atoms with Crippen molar-refractivity contribution in [2.24, 2.45) is 5.92 Å². The monoisotopic (exact) mass is 425 g/mol. The molecule has 1 fully saturated rings. The average molecular weight is 426 g/mol. The molecular weight excluding hydrogens is 398 g/mol. The maximum atomic E-state index is 5.94. The summed E-state index contributed by atoms with van der Waals surface area (Å²) in [6.45, 7) is 5.62. The molecule has 4 aromatic rings. The van der Waals surface area contributed by atoms with Gasteiger partial charge in [0.1, 0.15) is 12.4 Å². The summed E-state index contributed by atoms with van der Waals surface area (Å²) in [6, 6.07) is 23.2. The lowest BCUT2D eigenvalue weighted by molar-refractivity contribution is 0.301. The third-order valence-corrected chi connectivity index (χ3v) is 6.53. The van der Waals surface area contributed by atoms with Gasteiger partial charge >= 0.3 is 0 Å². The van der Waals surface area contributed by atoms with E-state index in [0.717, 1.165) is 29.4 Å². The van der Waals surface area contributed by atoms with E-state index in [0.29, 0.717) is 12.5 Å². The summed E-state index contributed by atoms with van der Waals surface area (Å²) >= 11 is 0. The predicted octanol–water partition coefficient (Wildman–Crippen LogP) is 5.05. The molecule has 0 aliphatic heterocycles. The van der Waals surface area contributed by atoms with E-state index < -0.39 is 0 Å². The maximum absolute atomic E-state index is 5.94. The first kappa shape index (κ1) is 20.4. The van der Waals surface area contributed by atoms with Crippen molar-refractivity contribution in [3.63, 3.8) is 0 Å². The van der Waals surface area contributed by atoms with E-state index in [4.69, 9.17) is 4.74 Å². The van der Waals surface area contributed by atoms with E-state index in [-0.39, 0.29) is 5.41 Å². The van der Waals surface area contributed by atoms with Crippen LogP contribution in [0.15, 0.2) is 72.9 Å². The van der Waals surface area contributed by atoms with Crippen LogP contribution in [0, 0.1) is 5.92 Å². The highest BCUT2D eigenvalue weighted by Crippen LogP contribution is 2.51. The molecule has 2 heterocycles. The Kier molecular flexibility index (Phi) is 5.43. The number of benzene rings is 2. The third-order valence-electron chi connectivity index (χ3n) is 6.53. The Bertz CT molecular complexity index is 1170. The molecule has 1 aliphatic rings. The minimum Gasteiger partial charge on any atom is -0.487 e. The molecule has 0 bridgehead atoms. The molecule has 0 saturated heterocycles. The summed E-state index contributed by atoms with van der Waals surface area (Å²) in [6.07, 6.45) is 4.30. The molecule has 5 rings (SSSR count). The molecule has 1 atom stereocenters. The van der Waals surface area contributed by atoms with E-state index in [9.17, 15) is 0 Å². The Morgan fingerprint density at radius 2 is 1.69 bits per heavy atom. The highest BCUT2D eigenvalue weighted by atomic mass is 16.5. The van der Waals surface area contributed by atoms with E-state index in [1.165, 1.54) is 24.0 Å². The number of hydrogen-bond donors (Lipinski definition) is 0. The summed E-state index contributed by atoms with van der Waals surface area (Å²) in [4.78, 5) is 4.32. The summed E-state index contributed by atoms with van der Waals surface area (Å²) in [7, 11) is 0. The first-order valence-electron chi connectivity index (χ1n) is 11.2. The van der Waals surface area contributed by atoms with E-state index in [2.05, 4.69) is 76.0 Å². The second-order valence-electron chi connectivity index (χ2n) is 8.51. The van der Waals surface area contributed by atoms with Crippen molar-refractivity contribution in [2.45, 2.75) is 45.3 Å². The van der Waals surface area contributed by atoms with Crippen molar-refractivity contribution in [1.82, 2.24) is 25.2 Å². The highest BCUT2D eigenvalue weighted by Gasteiger charge is 2.43. The SMILES string of the molecule is CCn1nnnc1-c1ccc(C(C)(c2ccc(OCc3ccccn3)cc2)C2CC2)cc1. The fourth-order valence-electron chi connectivity index (χ4n) is 4.43. The first-order valence-corrected chi connectivity index (χ1v) is 11.2. The molecule has 1 saturated carbocycles. The molecule has 0 N–H and O–H groups in total. The Morgan fingerprint density at radius 3 is 2.31 bits per heavy atom. The van der Waals surface area contributed by atoms with Crippen LogP contribution >= 0.6 is 0 Å². The number of aryl methyl sites for hydroxylation is 1. The second-order valence-corrected chi connectivity index (χ2v) is 8.51. The van der Waals surface area contributed by atoms with Crippen molar-refractivity contribution in [3.05, 3.63) is 89.7 Å². The van der Waals surface area contributed by atoms with Gasteiger partial charge in [-0.15, -0.1) is 5.10 Å². The van der Waals surface area contributed by atoms with Gasteiger partial charge in [-0.3, -0.25) is 4.98 Å². The summed E-state index contributed by atoms with van der Waals surface area (Å²) in [5.74, 6) is 2.32. The highest BCUT2D eigenvalue weighted by molar-refractivity contribution is 5.56. The summed E-state index contributed by atoms with van der Waals surface area (Å²) in [5.41, 5.74) is 4.57. The average Bonchev–Trinajstić information content (AvgIpc) is 3.61. The summed E-state index contributed by atoms with van der Waals surface area (Å²) in [5, 5.41) is 12.1. The molecule has 6 heteroatoms. The third kappa shape index (κ3) is 3.88. The van der Waals surface area contributed by atoms with Crippen molar-refractivity contribution in [1.29, 1.82) is 0 Å². The zero-order chi connectivity index (χ0) is 22.0. The van der Waals surface area contributed by atoms with Gasteiger partial charge in [0.25, 0.3) is 0 Å². The van der Waals surface area contributed by atoms with Crippen molar-refractivity contribution >= 4 is 0 Å². The van der Waals surface area contributed by atoms with Gasteiger partial charge in [0, 0.05) is 23.7 Å². The van der Waals surface area contributed by atoms with Crippen LogP contribution in [0.2, 0.25) is 0 Å². The normalized spacial score (nSPS) is 15.3. The molecule has 6 nitrogen and oxygen atoms in total. The zero-order valence-corrected chi connectivity index (χ0v) is 18.5. The molecule has 0 spiro atoms. The molecule has 162 valence electrons. The van der Waals surface area contributed by atoms with Crippen molar-refractivity contribution < 1.29 is 4.74 Å². The topological polar surface area (TPSA) is 65.7 Å². The van der Waals surface area contributed by atoms with E-state index >= 15 is 0 Å². The van der Waals surface area contributed by atoms with Gasteiger partial charge in [-0.25, -0.2) is 4.68 Å². The number of hydrogen-bond acceptors (Lipinski definition) is 5. The van der Waals surface area contributed by atoms with Crippen LogP contribution in [0.1, 0.15) is 43.5 Å². The van der Waals surface area contributed by atoms with Gasteiger partial charge in [-0.1, -0.05) is 49.4 Å². The van der Waals surface area contributed by atoms with Crippen molar-refractivity contribution in [3.8, 4) is 17.1 Å². The van der Waals surface area contributed by atoms with Crippen molar-refractivity contribution in [2.75, 3.05) is 0 Å². The maximum Gasteiger partial charge on any atom is 0.181 e. The second kappa shape index (κ2) is 8.54. The number of pyridine rings is 1. The molecule has 2 aromatic heterocycles. The first-order chi connectivity index (χ1) is 15.7. The lowest BCUT2D eigenvalue weighted by atomic mass is 9.72. The fourth-order valence-corrected chi connectivity index (χ4v) is 4.43. The predicted molar refractivity (Wildman–Crippen MR) is 123 cm³/mol. The molecule has 0 amide bonds. The van der Waals surface area contributed by atoms with Gasteiger partial charge < -0.3 is 4.74 Å². The smallest absolute Gasteiger partial charge is 0.181 e. The van der Waals surface area contributed by atoms with Crippen LogP contribution < -0.4 is 4.74 Å². The Morgan fingerprint density at radius 1 is 0.969 bits per heavy atom. The minimum atomic E-state index is -0.0330. The minimum absolute atomic E-state index is 0.0330. The lowest BCUT2D eigenvalue weighted by Crippen LogP contribution is -2.26. The fraction of sp³-hybridized carbons (Fsp3) is 0.308. The summed E-state index contributed by atoms with van der Waals surface area (Å²) < 4.78 is 7.76. The quantitative estimate of drug-likeness (QED) is 0.395. The van der Waals surface area contributed by atoms with Gasteiger partial charge in [0.2, 0.25) is 0 Å². The van der Waals surface area contributed by atoms with E-state index in [1.807, 2.05) is 29.8 Å². The molecular formula is C26H27N5O. The van der Waals surface area contributed by atoms with Crippen LogP contribution in [0.5, 0.6) is 5.75 Å². The Hall–Kier alpha value is -3.54. The largest absolute Gasteiger partial charge is 0.487 e. The molecule has 0 radical (unpaired) electrons. The van der Waals surface area contributed by atoms with Crippen LogP contribution in [-0.2, 0) is 18.6 Å². The number of nitrogens with zero attached hydrogens (tertiary/aromatic N) is 5. The lowest BCUT2D eigenvalue weighted by Gasteiger charge is -2.31. The van der Waals surface area contributed by atoms with Gasteiger partial charge in [0.05, 0.1) is 5.69 Å². The number of tetrazole rings is 1. The van der Waals surface area contributed by atoms with Crippen LogP contribution in [0.4, 0.5) is 0 Å². The Balaban J connectivity index is 1.38. The van der Waals surface area contributed by atoms with Crippen LogP contribution in [0.25, 0.3) is 11.4 Å². The molecule has 1 unspecified atom stereocenters. The number of ether oxygens (including phenoxy) is 1. The molecule has 2 aromatic carbocycles. The zero-order valence-electron chi connectivity index (χ0n) is 18.5. The molecule has 1 aliphatic carbocycles. The van der Waals surface area contributed by atoms with Crippen LogP contribution in [0.3, 0.4) is 0 Å². The molecule has 32 heavy (non-hydrogen) atoms. The number of aromatic nitrogens is 5. The van der Waals surface area contributed by atoms with E-state index in [1.54, 1.807) is 6.20 Å². The Labute approximate surface area is 188 Å². The van der Waals surface area contributed by atoms with Gasteiger partial charge in [-0.05, 0) is 71.5 Å². The standard InChI is InChI=1S/C26H27N5O/c1-3-31-25(28-29-30-31)19-7-9-20(10-8-19)26(2,21-11-12-21)22-13-15-24(16-14-22)32-18-23-6-4-5-17-27-23/h4-10,13-17,21H,3,11-12,18H2,1-2H3. The van der Waals surface area contributed by atoms with Crippen LogP contribution in [-0.4, -0.2) is 25.2 Å². The van der Waals surface area contributed by atoms with Gasteiger partial charge in [0.15, 0.2) is 5.82 Å².